The SMILES string of the molecule is CCCCN1C[C@@H](OC(C)=O)[C@@H](OCc2ccccc2)[C@@H](OCc2ccccc2)C1CC(C)=O. The van der Waals surface area contributed by atoms with E-state index < -0.39 is 18.3 Å². The minimum Gasteiger partial charge on any atom is -0.458 e. The van der Waals surface area contributed by atoms with Crippen molar-refractivity contribution in [3.63, 3.8) is 0 Å². The van der Waals surface area contributed by atoms with Gasteiger partial charge in [0.15, 0.2) is 0 Å². The van der Waals surface area contributed by atoms with Crippen molar-refractivity contribution in [2.24, 2.45) is 0 Å². The van der Waals surface area contributed by atoms with E-state index in [4.69, 9.17) is 14.2 Å². The molecule has 0 bridgehead atoms. The van der Waals surface area contributed by atoms with Crippen molar-refractivity contribution in [3.05, 3.63) is 71.8 Å². The normalized spacial score (nSPS) is 22.9. The molecule has 2 aromatic carbocycles. The smallest absolute Gasteiger partial charge is 0.303 e. The molecule has 0 N–H and O–H groups in total. The Balaban J connectivity index is 1.90. The second-order valence-electron chi connectivity index (χ2n) is 8.99. The summed E-state index contributed by atoms with van der Waals surface area (Å²) in [6, 6.07) is 19.7. The van der Waals surface area contributed by atoms with Gasteiger partial charge in [-0.1, -0.05) is 74.0 Å². The number of unbranched alkanes of at least 4 members (excludes halogenated alkanes) is 1. The van der Waals surface area contributed by atoms with Gasteiger partial charge < -0.3 is 14.2 Å². The van der Waals surface area contributed by atoms with Gasteiger partial charge in [-0.05, 0) is 31.0 Å². The molecule has 184 valence electrons. The molecule has 1 aliphatic rings. The van der Waals surface area contributed by atoms with Crippen LogP contribution in [0, 0.1) is 0 Å². The standard InChI is InChI=1S/C28H37NO5/c1-4-5-16-29-18-26(34-22(3)31)28(33-20-24-14-10-7-11-15-24)27(25(29)17-21(2)30)32-19-23-12-8-6-9-13-23/h6-15,25-28H,4-5,16-20H2,1-3H3/t25?,26-,27+,28-/m1/s1. The molecule has 2 aromatic rings. The fourth-order valence-electron chi connectivity index (χ4n) is 4.53. The first-order valence-corrected chi connectivity index (χ1v) is 12.2. The second-order valence-corrected chi connectivity index (χ2v) is 8.99. The third kappa shape index (κ3) is 7.76. The summed E-state index contributed by atoms with van der Waals surface area (Å²) in [5, 5.41) is 0. The van der Waals surface area contributed by atoms with Gasteiger partial charge in [0, 0.05) is 25.9 Å². The van der Waals surface area contributed by atoms with Gasteiger partial charge in [0.25, 0.3) is 0 Å². The van der Waals surface area contributed by atoms with Gasteiger partial charge in [0.2, 0.25) is 0 Å². The molecule has 1 fully saturated rings. The highest BCUT2D eigenvalue weighted by atomic mass is 16.6. The van der Waals surface area contributed by atoms with Gasteiger partial charge >= 0.3 is 5.97 Å². The van der Waals surface area contributed by atoms with E-state index in [1.54, 1.807) is 6.92 Å². The molecule has 34 heavy (non-hydrogen) atoms. The van der Waals surface area contributed by atoms with Crippen LogP contribution in [0.25, 0.3) is 0 Å². The molecule has 0 amide bonds. The van der Waals surface area contributed by atoms with Gasteiger partial charge in [-0.15, -0.1) is 0 Å². The van der Waals surface area contributed by atoms with Gasteiger partial charge in [0.1, 0.15) is 24.1 Å². The Morgan fingerprint density at radius 3 is 1.94 bits per heavy atom. The Kier molecular flexibility index (Phi) is 10.3. The number of likely N-dealkylation sites (tertiary alicyclic amines) is 1. The van der Waals surface area contributed by atoms with Gasteiger partial charge in [-0.2, -0.15) is 0 Å². The summed E-state index contributed by atoms with van der Waals surface area (Å²) in [4.78, 5) is 26.5. The summed E-state index contributed by atoms with van der Waals surface area (Å²) in [5.41, 5.74) is 2.07. The van der Waals surface area contributed by atoms with Crippen LogP contribution >= 0.6 is 0 Å². The van der Waals surface area contributed by atoms with E-state index >= 15 is 0 Å². The number of nitrogens with zero attached hydrogens (tertiary/aromatic N) is 1. The van der Waals surface area contributed by atoms with Crippen LogP contribution in [0.3, 0.4) is 0 Å². The predicted molar refractivity (Wildman–Crippen MR) is 131 cm³/mol. The summed E-state index contributed by atoms with van der Waals surface area (Å²) in [6.45, 7) is 7.26. The maximum absolute atomic E-state index is 12.3. The van der Waals surface area contributed by atoms with Gasteiger partial charge in [-0.3, -0.25) is 14.5 Å². The summed E-state index contributed by atoms with van der Waals surface area (Å²) < 4.78 is 18.7. The van der Waals surface area contributed by atoms with E-state index in [9.17, 15) is 9.59 Å². The topological polar surface area (TPSA) is 65.1 Å². The molecule has 0 spiro atoms. The van der Waals surface area contributed by atoms with Crippen LogP contribution < -0.4 is 0 Å². The second kappa shape index (κ2) is 13.4. The number of Topliss-reactive ketones (excluding diaryl/α,β-unsaturated/α-hetero) is 1. The number of esters is 1. The molecule has 0 radical (unpaired) electrons. The zero-order valence-corrected chi connectivity index (χ0v) is 20.5. The molecule has 6 nitrogen and oxygen atoms in total. The largest absolute Gasteiger partial charge is 0.458 e. The van der Waals surface area contributed by atoms with Crippen molar-refractivity contribution >= 4 is 11.8 Å². The van der Waals surface area contributed by atoms with E-state index in [1.807, 2.05) is 60.7 Å². The number of hydrogen-bond donors (Lipinski definition) is 0. The fourth-order valence-corrected chi connectivity index (χ4v) is 4.53. The third-order valence-corrected chi connectivity index (χ3v) is 6.14. The number of carbonyl (C=O) groups excluding carboxylic acids is 2. The number of hydrogen-bond acceptors (Lipinski definition) is 6. The van der Waals surface area contributed by atoms with Crippen molar-refractivity contribution < 1.29 is 23.8 Å². The van der Waals surface area contributed by atoms with E-state index in [2.05, 4.69) is 11.8 Å². The Morgan fingerprint density at radius 2 is 1.44 bits per heavy atom. The first-order valence-electron chi connectivity index (χ1n) is 12.2. The van der Waals surface area contributed by atoms with Crippen LogP contribution in [0.4, 0.5) is 0 Å². The maximum atomic E-state index is 12.3. The molecule has 6 heteroatoms. The molecule has 1 unspecified atom stereocenters. The Hall–Kier alpha value is -2.54. The first-order chi connectivity index (χ1) is 16.5. The summed E-state index contributed by atoms with van der Waals surface area (Å²) >= 11 is 0. The van der Waals surface area contributed by atoms with Crippen LogP contribution in [0.5, 0.6) is 0 Å². The Bertz CT molecular complexity index is 888. The molecule has 0 aliphatic carbocycles. The van der Waals surface area contributed by atoms with Crippen molar-refractivity contribution in [3.8, 4) is 0 Å². The van der Waals surface area contributed by atoms with Crippen molar-refractivity contribution in [2.75, 3.05) is 13.1 Å². The molecule has 1 heterocycles. The van der Waals surface area contributed by atoms with Crippen molar-refractivity contribution in [1.29, 1.82) is 0 Å². The lowest BCUT2D eigenvalue weighted by atomic mass is 9.89. The Morgan fingerprint density at radius 1 is 0.882 bits per heavy atom. The lowest BCUT2D eigenvalue weighted by Crippen LogP contribution is -2.64. The highest BCUT2D eigenvalue weighted by Gasteiger charge is 2.47. The summed E-state index contributed by atoms with van der Waals surface area (Å²) in [6.07, 6.45) is 0.980. The molecule has 0 saturated carbocycles. The molecular weight excluding hydrogens is 430 g/mol. The summed E-state index contributed by atoms with van der Waals surface area (Å²) in [5.74, 6) is -0.242. The predicted octanol–water partition coefficient (Wildman–Crippen LogP) is 4.55. The Labute approximate surface area is 203 Å². The van der Waals surface area contributed by atoms with Crippen LogP contribution in [-0.4, -0.2) is 54.1 Å². The quantitative estimate of drug-likeness (QED) is 0.427. The van der Waals surface area contributed by atoms with Gasteiger partial charge in [0.05, 0.1) is 13.2 Å². The number of carbonyl (C=O) groups is 2. The third-order valence-electron chi connectivity index (χ3n) is 6.14. The zero-order valence-electron chi connectivity index (χ0n) is 20.5. The van der Waals surface area contributed by atoms with Gasteiger partial charge in [-0.25, -0.2) is 0 Å². The van der Waals surface area contributed by atoms with E-state index in [-0.39, 0.29) is 17.8 Å². The molecule has 1 saturated heterocycles. The maximum Gasteiger partial charge on any atom is 0.303 e. The van der Waals surface area contributed by atoms with E-state index in [1.165, 1.54) is 6.92 Å². The lowest BCUT2D eigenvalue weighted by Gasteiger charge is -2.48. The highest BCUT2D eigenvalue weighted by molar-refractivity contribution is 5.76. The number of benzene rings is 2. The highest BCUT2D eigenvalue weighted by Crippen LogP contribution is 2.30. The minimum absolute atomic E-state index is 0.104. The van der Waals surface area contributed by atoms with E-state index in [0.29, 0.717) is 26.2 Å². The first kappa shape index (κ1) is 26.1. The number of ether oxygens (including phenoxy) is 3. The molecule has 0 aromatic heterocycles. The monoisotopic (exact) mass is 467 g/mol. The summed E-state index contributed by atoms with van der Waals surface area (Å²) in [7, 11) is 0. The van der Waals surface area contributed by atoms with E-state index in [0.717, 1.165) is 30.5 Å². The van der Waals surface area contributed by atoms with Crippen molar-refractivity contribution in [2.45, 2.75) is 77.6 Å². The molecule has 4 atom stereocenters. The van der Waals surface area contributed by atoms with Crippen LogP contribution in [-0.2, 0) is 37.0 Å². The fraction of sp³-hybridized carbons (Fsp3) is 0.500. The molecule has 1 aliphatic heterocycles. The minimum atomic E-state index is -0.491. The average molecular weight is 468 g/mol. The number of ketones is 1. The zero-order chi connectivity index (χ0) is 24.3. The average Bonchev–Trinajstić information content (AvgIpc) is 2.82. The lowest BCUT2D eigenvalue weighted by molar-refractivity contribution is -0.204. The molecular formula is C28H37NO5. The van der Waals surface area contributed by atoms with Crippen LogP contribution in [0.1, 0.15) is 51.2 Å². The van der Waals surface area contributed by atoms with Crippen LogP contribution in [0.15, 0.2) is 60.7 Å². The molecule has 3 rings (SSSR count). The van der Waals surface area contributed by atoms with Crippen molar-refractivity contribution in [1.82, 2.24) is 4.90 Å². The number of piperidine rings is 1. The van der Waals surface area contributed by atoms with Crippen LogP contribution in [0.2, 0.25) is 0 Å². The number of rotatable bonds is 12.